The van der Waals surface area contributed by atoms with Crippen molar-refractivity contribution < 1.29 is 8.91 Å². The van der Waals surface area contributed by atoms with E-state index in [-0.39, 0.29) is 11.9 Å². The van der Waals surface area contributed by atoms with Crippen molar-refractivity contribution in [3.8, 4) is 0 Å². The number of aromatic nitrogens is 2. The van der Waals surface area contributed by atoms with Crippen molar-refractivity contribution in [3.05, 3.63) is 47.4 Å². The van der Waals surface area contributed by atoms with Crippen LogP contribution in [-0.4, -0.2) is 46.1 Å². The van der Waals surface area contributed by atoms with Crippen LogP contribution in [-0.2, 0) is 6.54 Å². The number of hydrogen-bond acceptors (Lipinski definition) is 5. The van der Waals surface area contributed by atoms with Crippen molar-refractivity contribution in [3.63, 3.8) is 0 Å². The van der Waals surface area contributed by atoms with Crippen molar-refractivity contribution in [1.29, 1.82) is 0 Å². The summed E-state index contributed by atoms with van der Waals surface area (Å²) in [7, 11) is 0. The van der Waals surface area contributed by atoms with Crippen LogP contribution < -0.4 is 0 Å². The van der Waals surface area contributed by atoms with Crippen LogP contribution in [0.3, 0.4) is 0 Å². The average Bonchev–Trinajstić information content (AvgIpc) is 3.39. The Bertz CT molecular complexity index is 715. The maximum atomic E-state index is 13.5. The van der Waals surface area contributed by atoms with E-state index in [2.05, 4.69) is 26.9 Å². The Morgan fingerprint density at radius 3 is 2.92 bits per heavy atom. The first-order chi connectivity index (χ1) is 12.2. The molecule has 134 valence electrons. The highest BCUT2D eigenvalue weighted by Crippen LogP contribution is 2.38. The summed E-state index contributed by atoms with van der Waals surface area (Å²) in [5.41, 5.74) is 1.04. The van der Waals surface area contributed by atoms with Crippen molar-refractivity contribution in [2.24, 2.45) is 0 Å². The second-order valence-corrected chi connectivity index (χ2v) is 7.22. The summed E-state index contributed by atoms with van der Waals surface area (Å²) in [6.45, 7) is 6.88. The number of halogens is 1. The summed E-state index contributed by atoms with van der Waals surface area (Å²) in [5, 5.41) is 4.13. The molecule has 4 rings (SSSR count). The first kappa shape index (κ1) is 16.7. The first-order valence-electron chi connectivity index (χ1n) is 9.23. The van der Waals surface area contributed by atoms with Crippen LogP contribution in [0.25, 0.3) is 0 Å². The van der Waals surface area contributed by atoms with Crippen LogP contribution in [0.5, 0.6) is 0 Å². The van der Waals surface area contributed by atoms with Crippen LogP contribution in [0.4, 0.5) is 4.39 Å². The second kappa shape index (κ2) is 7.22. The lowest BCUT2D eigenvalue weighted by atomic mass is 10.1. The van der Waals surface area contributed by atoms with E-state index in [0.29, 0.717) is 5.92 Å². The van der Waals surface area contributed by atoms with Gasteiger partial charge in [-0.25, -0.2) is 4.39 Å². The molecule has 1 aliphatic carbocycles. The van der Waals surface area contributed by atoms with Gasteiger partial charge in [-0.15, -0.1) is 0 Å². The van der Waals surface area contributed by atoms with Crippen LogP contribution in [0.1, 0.15) is 55.4 Å². The lowest BCUT2D eigenvalue weighted by Crippen LogP contribution is -2.32. The summed E-state index contributed by atoms with van der Waals surface area (Å²) in [6, 6.07) is 7.17. The Labute approximate surface area is 147 Å². The maximum absolute atomic E-state index is 13.5. The lowest BCUT2D eigenvalue weighted by Gasteiger charge is -2.28. The van der Waals surface area contributed by atoms with E-state index in [4.69, 9.17) is 4.52 Å². The molecule has 0 radical (unpaired) electrons. The molecule has 1 atom stereocenters. The predicted molar refractivity (Wildman–Crippen MR) is 92.6 cm³/mol. The van der Waals surface area contributed by atoms with Gasteiger partial charge in [0.2, 0.25) is 5.89 Å². The van der Waals surface area contributed by atoms with Crippen molar-refractivity contribution in [2.75, 3.05) is 26.2 Å². The van der Waals surface area contributed by atoms with Gasteiger partial charge < -0.3 is 4.52 Å². The minimum Gasteiger partial charge on any atom is -0.339 e. The SMILES string of the molecule is C[C@H](c1cccc(F)c1)N1CCCN(Cc2noc(C3CC3)n2)CC1. The third kappa shape index (κ3) is 4.07. The zero-order valence-electron chi connectivity index (χ0n) is 14.7. The largest absolute Gasteiger partial charge is 0.339 e. The summed E-state index contributed by atoms with van der Waals surface area (Å²) < 4.78 is 18.8. The normalized spacial score (nSPS) is 21.2. The van der Waals surface area contributed by atoms with E-state index in [9.17, 15) is 4.39 Å². The molecule has 0 bridgehead atoms. The molecule has 1 saturated heterocycles. The molecular weight excluding hydrogens is 319 g/mol. The van der Waals surface area contributed by atoms with E-state index in [0.717, 1.165) is 56.4 Å². The monoisotopic (exact) mass is 344 g/mol. The van der Waals surface area contributed by atoms with Gasteiger partial charge in [0.25, 0.3) is 0 Å². The van der Waals surface area contributed by atoms with Crippen LogP contribution in [0, 0.1) is 5.82 Å². The molecule has 2 fully saturated rings. The number of benzene rings is 1. The van der Waals surface area contributed by atoms with Gasteiger partial charge >= 0.3 is 0 Å². The van der Waals surface area contributed by atoms with E-state index in [1.807, 2.05) is 6.07 Å². The van der Waals surface area contributed by atoms with Gasteiger partial charge in [-0.3, -0.25) is 9.80 Å². The molecule has 2 heterocycles. The third-order valence-electron chi connectivity index (χ3n) is 5.28. The quantitative estimate of drug-likeness (QED) is 0.832. The first-order valence-corrected chi connectivity index (χ1v) is 9.23. The van der Waals surface area contributed by atoms with Crippen LogP contribution >= 0.6 is 0 Å². The van der Waals surface area contributed by atoms with Gasteiger partial charge in [-0.05, 0) is 50.4 Å². The molecule has 1 aliphatic heterocycles. The van der Waals surface area contributed by atoms with Gasteiger partial charge in [0.05, 0.1) is 6.54 Å². The molecule has 0 amide bonds. The fourth-order valence-corrected chi connectivity index (χ4v) is 3.54. The van der Waals surface area contributed by atoms with Gasteiger partial charge in [0.15, 0.2) is 5.82 Å². The van der Waals surface area contributed by atoms with Crippen LogP contribution in [0.2, 0.25) is 0 Å². The average molecular weight is 344 g/mol. The molecule has 0 N–H and O–H groups in total. The minimum atomic E-state index is -0.163. The van der Waals surface area contributed by atoms with Gasteiger partial charge in [0, 0.05) is 31.6 Å². The van der Waals surface area contributed by atoms with Gasteiger partial charge in [0.1, 0.15) is 5.82 Å². The predicted octanol–water partition coefficient (Wildman–Crippen LogP) is 3.36. The summed E-state index contributed by atoms with van der Waals surface area (Å²) in [6.07, 6.45) is 3.45. The van der Waals surface area contributed by atoms with Crippen molar-refractivity contribution >= 4 is 0 Å². The summed E-state index contributed by atoms with van der Waals surface area (Å²) >= 11 is 0. The summed E-state index contributed by atoms with van der Waals surface area (Å²) in [4.78, 5) is 9.35. The Morgan fingerprint density at radius 1 is 1.24 bits per heavy atom. The van der Waals surface area contributed by atoms with E-state index >= 15 is 0 Å². The molecule has 2 aromatic rings. The van der Waals surface area contributed by atoms with Crippen LogP contribution in [0.15, 0.2) is 28.8 Å². The highest BCUT2D eigenvalue weighted by Gasteiger charge is 2.30. The van der Waals surface area contributed by atoms with E-state index < -0.39 is 0 Å². The molecule has 1 aromatic heterocycles. The highest BCUT2D eigenvalue weighted by atomic mass is 19.1. The molecular formula is C19H25FN4O. The Hall–Kier alpha value is -1.79. The second-order valence-electron chi connectivity index (χ2n) is 7.22. The Balaban J connectivity index is 1.34. The molecule has 1 saturated carbocycles. The number of hydrogen-bond donors (Lipinski definition) is 0. The van der Waals surface area contributed by atoms with Gasteiger partial charge in [-0.2, -0.15) is 4.98 Å². The highest BCUT2D eigenvalue weighted by molar-refractivity contribution is 5.19. The summed E-state index contributed by atoms with van der Waals surface area (Å²) in [5.74, 6) is 1.96. The van der Waals surface area contributed by atoms with Gasteiger partial charge in [-0.1, -0.05) is 17.3 Å². The molecule has 0 spiro atoms. The molecule has 1 aromatic carbocycles. The maximum Gasteiger partial charge on any atom is 0.229 e. The minimum absolute atomic E-state index is 0.163. The molecule has 6 heteroatoms. The van der Waals surface area contributed by atoms with Crippen molar-refractivity contribution in [2.45, 2.75) is 44.7 Å². The zero-order valence-corrected chi connectivity index (χ0v) is 14.7. The molecule has 0 unspecified atom stereocenters. The molecule has 25 heavy (non-hydrogen) atoms. The molecule has 2 aliphatic rings. The molecule has 5 nitrogen and oxygen atoms in total. The van der Waals surface area contributed by atoms with Crippen molar-refractivity contribution in [1.82, 2.24) is 19.9 Å². The zero-order chi connectivity index (χ0) is 17.2. The fraction of sp³-hybridized carbons (Fsp3) is 0.579. The number of rotatable bonds is 5. The van der Waals surface area contributed by atoms with E-state index in [1.54, 1.807) is 12.1 Å². The topological polar surface area (TPSA) is 45.4 Å². The third-order valence-corrected chi connectivity index (χ3v) is 5.28. The standard InChI is InChI=1S/C19H25FN4O/c1-14(16-4-2-5-17(20)12-16)24-9-3-8-23(10-11-24)13-18-21-19(25-22-18)15-6-7-15/h2,4-5,12,14-15H,3,6-11,13H2,1H3/t14-/m1/s1. The van der Waals surface area contributed by atoms with E-state index in [1.165, 1.54) is 18.9 Å². The lowest BCUT2D eigenvalue weighted by molar-refractivity contribution is 0.206. The fourth-order valence-electron chi connectivity index (χ4n) is 3.54. The Kier molecular flexibility index (Phi) is 4.81. The number of nitrogens with zero attached hydrogens (tertiary/aromatic N) is 4. The Morgan fingerprint density at radius 2 is 2.12 bits per heavy atom. The smallest absolute Gasteiger partial charge is 0.229 e.